The third kappa shape index (κ3) is 2.25. The molecule has 0 spiro atoms. The van der Waals surface area contributed by atoms with Crippen LogP contribution in [-0.4, -0.2) is 28.0 Å². The van der Waals surface area contributed by atoms with Gasteiger partial charge in [0.25, 0.3) is 0 Å². The Morgan fingerprint density at radius 1 is 1.55 bits per heavy atom. The molecule has 0 aromatic heterocycles. The van der Waals surface area contributed by atoms with Crippen LogP contribution in [0.1, 0.15) is 53.4 Å². The van der Waals surface area contributed by atoms with E-state index in [4.69, 9.17) is 4.74 Å². The SMILES string of the molecule is C=CC[C@@]12CCCC1[C@H](C)C(=O)N2C(=O)OC(C)(C)C. The molecule has 0 aromatic rings. The van der Waals surface area contributed by atoms with Crippen molar-refractivity contribution < 1.29 is 14.3 Å². The van der Waals surface area contributed by atoms with Crippen molar-refractivity contribution in [2.45, 2.75) is 64.5 Å². The molecule has 1 aliphatic carbocycles. The van der Waals surface area contributed by atoms with Gasteiger partial charge in [0, 0.05) is 5.92 Å². The van der Waals surface area contributed by atoms with Gasteiger partial charge in [0.2, 0.25) is 5.91 Å². The highest BCUT2D eigenvalue weighted by Crippen LogP contribution is 2.52. The molecule has 4 heteroatoms. The molecule has 1 aliphatic heterocycles. The number of carbonyl (C=O) groups excluding carboxylic acids is 2. The van der Waals surface area contributed by atoms with Crippen molar-refractivity contribution in [3.8, 4) is 0 Å². The molecule has 2 fully saturated rings. The predicted molar refractivity (Wildman–Crippen MR) is 77.1 cm³/mol. The summed E-state index contributed by atoms with van der Waals surface area (Å²) in [6.45, 7) is 11.2. The molecule has 1 saturated carbocycles. The second-order valence-electron chi connectivity index (χ2n) is 7.04. The highest BCUT2D eigenvalue weighted by molar-refractivity contribution is 5.97. The minimum Gasteiger partial charge on any atom is -0.443 e. The largest absolute Gasteiger partial charge is 0.443 e. The van der Waals surface area contributed by atoms with E-state index in [2.05, 4.69) is 6.58 Å². The number of imide groups is 1. The number of ether oxygens (including phenoxy) is 1. The number of hydrogen-bond acceptors (Lipinski definition) is 3. The van der Waals surface area contributed by atoms with Gasteiger partial charge >= 0.3 is 6.09 Å². The monoisotopic (exact) mass is 279 g/mol. The highest BCUT2D eigenvalue weighted by atomic mass is 16.6. The standard InChI is InChI=1S/C16H25NO3/c1-6-9-16-10-7-8-12(16)11(2)13(18)17(16)14(19)20-15(3,4)5/h6,11-12H,1,7-10H2,2-5H3/t11-,12?,16+/m0/s1. The molecule has 3 atom stereocenters. The zero-order valence-corrected chi connectivity index (χ0v) is 12.9. The smallest absolute Gasteiger partial charge is 0.417 e. The number of rotatable bonds is 2. The van der Waals surface area contributed by atoms with Gasteiger partial charge in [0.15, 0.2) is 0 Å². The van der Waals surface area contributed by atoms with Gasteiger partial charge in [-0.25, -0.2) is 9.69 Å². The van der Waals surface area contributed by atoms with Crippen LogP contribution < -0.4 is 0 Å². The molecule has 0 aromatic carbocycles. The van der Waals surface area contributed by atoms with Gasteiger partial charge in [-0.2, -0.15) is 0 Å². The van der Waals surface area contributed by atoms with Gasteiger partial charge in [0.1, 0.15) is 5.60 Å². The molecular weight excluding hydrogens is 254 g/mol. The summed E-state index contributed by atoms with van der Waals surface area (Å²) < 4.78 is 5.45. The lowest BCUT2D eigenvalue weighted by Crippen LogP contribution is -2.51. The number of hydrogen-bond donors (Lipinski definition) is 0. The molecular formula is C16H25NO3. The Hall–Kier alpha value is -1.32. The van der Waals surface area contributed by atoms with Crippen molar-refractivity contribution in [1.82, 2.24) is 4.90 Å². The van der Waals surface area contributed by atoms with Crippen LogP contribution >= 0.6 is 0 Å². The van der Waals surface area contributed by atoms with E-state index in [9.17, 15) is 9.59 Å². The molecule has 1 unspecified atom stereocenters. The van der Waals surface area contributed by atoms with E-state index in [-0.39, 0.29) is 17.7 Å². The summed E-state index contributed by atoms with van der Waals surface area (Å²) in [6.07, 6.45) is 4.89. The average Bonchev–Trinajstić information content (AvgIpc) is 2.77. The zero-order chi connectivity index (χ0) is 15.1. The van der Waals surface area contributed by atoms with Gasteiger partial charge in [-0.3, -0.25) is 4.79 Å². The van der Waals surface area contributed by atoms with Crippen molar-refractivity contribution in [3.63, 3.8) is 0 Å². The van der Waals surface area contributed by atoms with Crippen LogP contribution in [0.15, 0.2) is 12.7 Å². The first kappa shape index (κ1) is 15.1. The van der Waals surface area contributed by atoms with E-state index >= 15 is 0 Å². The lowest BCUT2D eigenvalue weighted by atomic mass is 9.81. The Balaban J connectivity index is 2.35. The first-order valence-electron chi connectivity index (χ1n) is 7.41. The van der Waals surface area contributed by atoms with Crippen LogP contribution in [0.5, 0.6) is 0 Å². The minimum atomic E-state index is -0.591. The molecule has 1 saturated heterocycles. The number of carbonyl (C=O) groups is 2. The number of amides is 2. The van der Waals surface area contributed by atoms with Crippen molar-refractivity contribution in [2.24, 2.45) is 11.8 Å². The van der Waals surface area contributed by atoms with E-state index in [1.54, 1.807) is 0 Å². The molecule has 2 aliphatic rings. The molecule has 2 rings (SSSR count). The Kier molecular flexibility index (Phi) is 3.69. The third-order valence-corrected chi connectivity index (χ3v) is 4.55. The predicted octanol–water partition coefficient (Wildman–Crippen LogP) is 3.51. The molecule has 0 bridgehead atoms. The molecule has 2 amide bonds. The summed E-state index contributed by atoms with van der Waals surface area (Å²) in [4.78, 5) is 26.4. The summed E-state index contributed by atoms with van der Waals surface area (Å²) in [5.41, 5.74) is -0.993. The number of nitrogens with zero attached hydrogens (tertiary/aromatic N) is 1. The Bertz CT molecular complexity index is 437. The maximum Gasteiger partial charge on any atom is 0.417 e. The second-order valence-corrected chi connectivity index (χ2v) is 7.04. The minimum absolute atomic E-state index is 0.0919. The van der Waals surface area contributed by atoms with Crippen molar-refractivity contribution in [2.75, 3.05) is 0 Å². The third-order valence-electron chi connectivity index (χ3n) is 4.55. The van der Waals surface area contributed by atoms with Gasteiger partial charge in [-0.05, 0) is 46.0 Å². The van der Waals surface area contributed by atoms with Crippen LogP contribution in [0, 0.1) is 11.8 Å². The fraction of sp³-hybridized carbons (Fsp3) is 0.750. The fourth-order valence-electron chi connectivity index (χ4n) is 3.84. The lowest BCUT2D eigenvalue weighted by Gasteiger charge is -2.37. The Labute approximate surface area is 121 Å². The van der Waals surface area contributed by atoms with Gasteiger partial charge in [-0.1, -0.05) is 19.4 Å². The molecule has 0 radical (unpaired) electrons. The van der Waals surface area contributed by atoms with Crippen LogP contribution in [0.3, 0.4) is 0 Å². The van der Waals surface area contributed by atoms with Crippen molar-refractivity contribution in [1.29, 1.82) is 0 Å². The van der Waals surface area contributed by atoms with Crippen molar-refractivity contribution in [3.05, 3.63) is 12.7 Å². The van der Waals surface area contributed by atoms with Crippen LogP contribution in [0.2, 0.25) is 0 Å². The van der Waals surface area contributed by atoms with Gasteiger partial charge < -0.3 is 4.74 Å². The number of likely N-dealkylation sites (tertiary alicyclic amines) is 1. The molecule has 0 N–H and O–H groups in total. The lowest BCUT2D eigenvalue weighted by molar-refractivity contribution is -0.132. The molecule has 112 valence electrons. The van der Waals surface area contributed by atoms with Crippen molar-refractivity contribution >= 4 is 12.0 Å². The Morgan fingerprint density at radius 3 is 2.75 bits per heavy atom. The fourth-order valence-corrected chi connectivity index (χ4v) is 3.84. The quantitative estimate of drug-likeness (QED) is 0.727. The van der Waals surface area contributed by atoms with E-state index in [0.717, 1.165) is 19.3 Å². The van der Waals surface area contributed by atoms with E-state index in [0.29, 0.717) is 6.42 Å². The maximum atomic E-state index is 12.5. The van der Waals surface area contributed by atoms with E-state index in [1.807, 2.05) is 33.8 Å². The second kappa shape index (κ2) is 4.90. The molecule has 20 heavy (non-hydrogen) atoms. The number of fused-ring (bicyclic) bond motifs is 1. The molecule has 1 heterocycles. The Morgan fingerprint density at radius 2 is 2.20 bits per heavy atom. The maximum absolute atomic E-state index is 12.5. The van der Waals surface area contributed by atoms with Crippen LogP contribution in [0.25, 0.3) is 0 Å². The van der Waals surface area contributed by atoms with Crippen LogP contribution in [-0.2, 0) is 9.53 Å². The summed E-state index contributed by atoms with van der Waals surface area (Å²) in [5, 5.41) is 0. The first-order chi connectivity index (χ1) is 9.23. The topological polar surface area (TPSA) is 46.6 Å². The van der Waals surface area contributed by atoms with Gasteiger partial charge in [0.05, 0.1) is 5.54 Å². The highest BCUT2D eigenvalue weighted by Gasteiger charge is 2.61. The van der Waals surface area contributed by atoms with E-state index in [1.165, 1.54) is 4.90 Å². The normalized spacial score (nSPS) is 33.2. The molecule has 4 nitrogen and oxygen atoms in total. The van der Waals surface area contributed by atoms with E-state index < -0.39 is 17.2 Å². The summed E-state index contributed by atoms with van der Waals surface area (Å²) in [6, 6.07) is 0. The average molecular weight is 279 g/mol. The summed E-state index contributed by atoms with van der Waals surface area (Å²) in [7, 11) is 0. The van der Waals surface area contributed by atoms with Gasteiger partial charge in [-0.15, -0.1) is 6.58 Å². The summed E-state index contributed by atoms with van der Waals surface area (Å²) >= 11 is 0. The summed E-state index contributed by atoms with van der Waals surface area (Å²) in [5.74, 6) is 0.0382. The van der Waals surface area contributed by atoms with Crippen LogP contribution in [0.4, 0.5) is 4.79 Å². The zero-order valence-electron chi connectivity index (χ0n) is 12.9. The first-order valence-corrected chi connectivity index (χ1v) is 7.41.